The molecule has 0 atom stereocenters. The summed E-state index contributed by atoms with van der Waals surface area (Å²) in [7, 11) is -1.73. The van der Waals surface area contributed by atoms with Crippen LogP contribution in [0.2, 0.25) is 0 Å². The molecule has 1 heterocycles. The summed E-state index contributed by atoms with van der Waals surface area (Å²) in [6, 6.07) is 9.33. The Morgan fingerprint density at radius 3 is 2.45 bits per heavy atom. The molecular weight excluding hydrogens is 274 g/mol. The second kappa shape index (κ2) is 5.78. The molecule has 108 valence electrons. The zero-order valence-corrected chi connectivity index (χ0v) is 12.4. The normalized spacial score (nSPS) is 11.8. The summed E-state index contributed by atoms with van der Waals surface area (Å²) >= 11 is 0. The standard InChI is InChI=1S/C14H19N3O2S/c1-11-3-5-12(6-4-11)9-16-20(18,19)14-7-13(8-15)17(2)10-14/h3-7,10,16H,8-9,15H2,1-2H3. The predicted molar refractivity (Wildman–Crippen MR) is 78.5 cm³/mol. The van der Waals surface area contributed by atoms with E-state index in [9.17, 15) is 8.42 Å². The van der Waals surface area contributed by atoms with Crippen molar-refractivity contribution in [1.29, 1.82) is 0 Å². The molecule has 0 saturated carbocycles. The molecule has 0 aliphatic heterocycles. The van der Waals surface area contributed by atoms with Gasteiger partial charge in [-0.25, -0.2) is 13.1 Å². The number of sulfonamides is 1. The van der Waals surface area contributed by atoms with Gasteiger partial charge in [0.15, 0.2) is 0 Å². The summed E-state index contributed by atoms with van der Waals surface area (Å²) in [5, 5.41) is 0. The van der Waals surface area contributed by atoms with E-state index < -0.39 is 10.0 Å². The minimum absolute atomic E-state index is 0.243. The Labute approximate surface area is 119 Å². The molecule has 0 aliphatic rings. The Hall–Kier alpha value is -1.63. The molecule has 5 nitrogen and oxygen atoms in total. The highest BCUT2D eigenvalue weighted by atomic mass is 32.2. The predicted octanol–water partition coefficient (Wildman–Crippen LogP) is 1.27. The number of aromatic nitrogens is 1. The lowest BCUT2D eigenvalue weighted by Gasteiger charge is -2.05. The number of benzene rings is 1. The first-order valence-electron chi connectivity index (χ1n) is 6.33. The van der Waals surface area contributed by atoms with Gasteiger partial charge in [0, 0.05) is 32.0 Å². The van der Waals surface area contributed by atoms with E-state index in [0.717, 1.165) is 16.8 Å². The first-order valence-corrected chi connectivity index (χ1v) is 7.81. The first kappa shape index (κ1) is 14.8. The molecule has 6 heteroatoms. The van der Waals surface area contributed by atoms with Gasteiger partial charge in [-0.2, -0.15) is 0 Å². The number of hydrogen-bond donors (Lipinski definition) is 2. The summed E-state index contributed by atoms with van der Waals surface area (Å²) < 4.78 is 28.7. The highest BCUT2D eigenvalue weighted by molar-refractivity contribution is 7.89. The van der Waals surface area contributed by atoms with Crippen molar-refractivity contribution in [2.45, 2.75) is 24.9 Å². The van der Waals surface area contributed by atoms with Crippen LogP contribution in [0.4, 0.5) is 0 Å². The van der Waals surface area contributed by atoms with Crippen molar-refractivity contribution in [2.24, 2.45) is 12.8 Å². The smallest absolute Gasteiger partial charge is 0.242 e. The number of nitrogens with one attached hydrogen (secondary N) is 1. The molecule has 3 N–H and O–H groups in total. The highest BCUT2D eigenvalue weighted by Crippen LogP contribution is 2.13. The Balaban J connectivity index is 2.12. The van der Waals surface area contributed by atoms with Crippen molar-refractivity contribution in [3.63, 3.8) is 0 Å². The summed E-state index contributed by atoms with van der Waals surface area (Å²) in [6.07, 6.45) is 1.57. The van der Waals surface area contributed by atoms with Gasteiger partial charge < -0.3 is 10.3 Å². The molecule has 0 radical (unpaired) electrons. The van der Waals surface area contributed by atoms with Crippen LogP contribution in [-0.4, -0.2) is 13.0 Å². The van der Waals surface area contributed by atoms with Crippen LogP contribution < -0.4 is 10.5 Å². The van der Waals surface area contributed by atoms with E-state index in [4.69, 9.17) is 5.73 Å². The average Bonchev–Trinajstić information content (AvgIpc) is 2.80. The lowest BCUT2D eigenvalue weighted by atomic mass is 10.2. The third kappa shape index (κ3) is 3.27. The molecule has 0 fully saturated rings. The summed E-state index contributed by atoms with van der Waals surface area (Å²) in [5.41, 5.74) is 8.40. The Kier molecular flexibility index (Phi) is 4.27. The molecule has 0 amide bonds. The van der Waals surface area contributed by atoms with E-state index in [0.29, 0.717) is 6.54 Å². The van der Waals surface area contributed by atoms with Crippen LogP contribution >= 0.6 is 0 Å². The van der Waals surface area contributed by atoms with Crippen molar-refractivity contribution in [3.8, 4) is 0 Å². The van der Waals surface area contributed by atoms with Gasteiger partial charge in [0.1, 0.15) is 0 Å². The maximum absolute atomic E-state index is 12.2. The van der Waals surface area contributed by atoms with Gasteiger partial charge >= 0.3 is 0 Å². The van der Waals surface area contributed by atoms with E-state index in [1.807, 2.05) is 31.2 Å². The van der Waals surface area contributed by atoms with E-state index in [2.05, 4.69) is 4.72 Å². The van der Waals surface area contributed by atoms with Crippen molar-refractivity contribution in [1.82, 2.24) is 9.29 Å². The van der Waals surface area contributed by atoms with E-state index in [1.54, 1.807) is 23.9 Å². The number of nitrogens with zero attached hydrogens (tertiary/aromatic N) is 1. The zero-order valence-electron chi connectivity index (χ0n) is 11.6. The lowest BCUT2D eigenvalue weighted by Crippen LogP contribution is -2.22. The largest absolute Gasteiger partial charge is 0.352 e. The summed E-state index contributed by atoms with van der Waals surface area (Å²) in [5.74, 6) is 0. The van der Waals surface area contributed by atoms with Gasteiger partial charge in [-0.05, 0) is 18.6 Å². The van der Waals surface area contributed by atoms with Crippen molar-refractivity contribution < 1.29 is 8.42 Å². The van der Waals surface area contributed by atoms with Gasteiger partial charge in [0.25, 0.3) is 0 Å². The topological polar surface area (TPSA) is 77.1 Å². The molecule has 0 bridgehead atoms. The molecule has 20 heavy (non-hydrogen) atoms. The Morgan fingerprint density at radius 1 is 1.25 bits per heavy atom. The molecule has 0 spiro atoms. The third-order valence-electron chi connectivity index (χ3n) is 3.19. The number of rotatable bonds is 5. The number of hydrogen-bond acceptors (Lipinski definition) is 3. The average molecular weight is 293 g/mol. The Morgan fingerprint density at radius 2 is 1.90 bits per heavy atom. The first-order chi connectivity index (χ1) is 9.42. The molecule has 1 aromatic heterocycles. The van der Waals surface area contributed by atoms with E-state index in [1.165, 1.54) is 0 Å². The van der Waals surface area contributed by atoms with Gasteiger partial charge in [0.05, 0.1) is 4.90 Å². The van der Waals surface area contributed by atoms with Crippen molar-refractivity contribution in [2.75, 3.05) is 0 Å². The molecule has 0 unspecified atom stereocenters. The summed E-state index contributed by atoms with van der Waals surface area (Å²) in [6.45, 7) is 2.58. The van der Waals surface area contributed by atoms with Gasteiger partial charge in [-0.1, -0.05) is 29.8 Å². The van der Waals surface area contributed by atoms with E-state index in [-0.39, 0.29) is 11.4 Å². The van der Waals surface area contributed by atoms with Crippen molar-refractivity contribution in [3.05, 3.63) is 53.3 Å². The molecule has 1 aromatic carbocycles. The van der Waals surface area contributed by atoms with Crippen LogP contribution in [0.25, 0.3) is 0 Å². The fourth-order valence-electron chi connectivity index (χ4n) is 1.89. The minimum atomic E-state index is -3.51. The van der Waals surface area contributed by atoms with Gasteiger partial charge in [0.2, 0.25) is 10.0 Å². The van der Waals surface area contributed by atoms with Crippen LogP contribution in [0.3, 0.4) is 0 Å². The van der Waals surface area contributed by atoms with Crippen LogP contribution in [0.15, 0.2) is 41.4 Å². The fourth-order valence-corrected chi connectivity index (χ4v) is 3.01. The second-order valence-electron chi connectivity index (χ2n) is 4.79. The number of nitrogens with two attached hydrogens (primary N) is 1. The summed E-state index contributed by atoms with van der Waals surface area (Å²) in [4.78, 5) is 0.243. The van der Waals surface area contributed by atoms with Crippen LogP contribution in [0, 0.1) is 6.92 Å². The van der Waals surface area contributed by atoms with Gasteiger partial charge in [-0.15, -0.1) is 0 Å². The third-order valence-corrected chi connectivity index (χ3v) is 4.56. The minimum Gasteiger partial charge on any atom is -0.352 e. The zero-order chi connectivity index (χ0) is 14.8. The molecular formula is C14H19N3O2S. The SMILES string of the molecule is Cc1ccc(CNS(=O)(=O)c2cc(CN)n(C)c2)cc1. The monoisotopic (exact) mass is 293 g/mol. The molecule has 0 saturated heterocycles. The maximum atomic E-state index is 12.2. The molecule has 0 aliphatic carbocycles. The van der Waals surface area contributed by atoms with Crippen molar-refractivity contribution >= 4 is 10.0 Å². The highest BCUT2D eigenvalue weighted by Gasteiger charge is 2.16. The fraction of sp³-hybridized carbons (Fsp3) is 0.286. The van der Waals surface area contributed by atoms with Crippen LogP contribution in [0.5, 0.6) is 0 Å². The maximum Gasteiger partial charge on any atom is 0.242 e. The van der Waals surface area contributed by atoms with E-state index >= 15 is 0 Å². The molecule has 2 aromatic rings. The Bertz CT molecular complexity index is 688. The van der Waals surface area contributed by atoms with Crippen LogP contribution in [-0.2, 0) is 30.2 Å². The quantitative estimate of drug-likeness (QED) is 0.871. The number of aryl methyl sites for hydroxylation is 2. The molecule has 2 rings (SSSR count). The lowest BCUT2D eigenvalue weighted by molar-refractivity contribution is 0.581. The van der Waals surface area contributed by atoms with Crippen LogP contribution in [0.1, 0.15) is 16.8 Å². The second-order valence-corrected chi connectivity index (χ2v) is 6.56. The van der Waals surface area contributed by atoms with Gasteiger partial charge in [-0.3, -0.25) is 0 Å².